The van der Waals surface area contributed by atoms with Crippen LogP contribution in [0.2, 0.25) is 5.02 Å². The van der Waals surface area contributed by atoms with E-state index in [-0.39, 0.29) is 11.6 Å². The van der Waals surface area contributed by atoms with Gasteiger partial charge in [-0.25, -0.2) is 9.37 Å². The molecule has 1 amide bonds. The van der Waals surface area contributed by atoms with Gasteiger partial charge >= 0.3 is 0 Å². The third kappa shape index (κ3) is 3.17. The lowest BCUT2D eigenvalue weighted by Gasteiger charge is -2.24. The number of anilines is 2. The van der Waals surface area contributed by atoms with Gasteiger partial charge in [-0.3, -0.25) is 4.79 Å². The molecular weight excluding hydrogens is 369 g/mol. The zero-order chi connectivity index (χ0) is 19.0. The van der Waals surface area contributed by atoms with Crippen molar-refractivity contribution < 1.29 is 13.6 Å². The molecule has 0 unspecified atom stereocenters. The zero-order valence-electron chi connectivity index (χ0n) is 14.7. The van der Waals surface area contributed by atoms with Gasteiger partial charge in [0.25, 0.3) is 5.91 Å². The van der Waals surface area contributed by atoms with Gasteiger partial charge in [0.1, 0.15) is 5.82 Å². The van der Waals surface area contributed by atoms with E-state index in [1.54, 1.807) is 29.2 Å². The molecule has 2 aromatic carbocycles. The van der Waals surface area contributed by atoms with E-state index in [4.69, 9.17) is 16.0 Å². The summed E-state index contributed by atoms with van der Waals surface area (Å²) in [5.74, 6) is -0.435. The summed E-state index contributed by atoms with van der Waals surface area (Å²) in [5, 5.41) is 0.463. The van der Waals surface area contributed by atoms with Gasteiger partial charge < -0.3 is 14.2 Å². The number of halogens is 2. The number of nitrogens with zero attached hydrogens (tertiary/aromatic N) is 3. The maximum absolute atomic E-state index is 13.9. The fourth-order valence-electron chi connectivity index (χ4n) is 3.32. The largest absolute Gasteiger partial charge is 0.443 e. The Hall–Kier alpha value is -2.86. The molecule has 5 nitrogen and oxygen atoms in total. The van der Waals surface area contributed by atoms with E-state index >= 15 is 0 Å². The summed E-state index contributed by atoms with van der Waals surface area (Å²) in [6, 6.07) is 11.6. The molecule has 0 saturated heterocycles. The Morgan fingerprint density at radius 1 is 1.19 bits per heavy atom. The number of fused-ring (bicyclic) bond motifs is 1. The molecule has 0 spiro atoms. The van der Waals surface area contributed by atoms with Gasteiger partial charge in [0, 0.05) is 25.7 Å². The number of hydrogen-bond donors (Lipinski definition) is 0. The van der Waals surface area contributed by atoms with Crippen LogP contribution in [0, 0.1) is 5.82 Å². The van der Waals surface area contributed by atoms with E-state index in [1.807, 2.05) is 18.0 Å². The molecule has 7 heteroatoms. The zero-order valence-corrected chi connectivity index (χ0v) is 15.4. The monoisotopic (exact) mass is 385 g/mol. The Morgan fingerprint density at radius 2 is 2.00 bits per heavy atom. The molecule has 3 aromatic rings. The number of benzene rings is 2. The average molecular weight is 386 g/mol. The highest BCUT2D eigenvalue weighted by Crippen LogP contribution is 2.35. The van der Waals surface area contributed by atoms with E-state index < -0.39 is 5.82 Å². The van der Waals surface area contributed by atoms with Gasteiger partial charge in [-0.1, -0.05) is 23.7 Å². The van der Waals surface area contributed by atoms with E-state index in [9.17, 15) is 9.18 Å². The van der Waals surface area contributed by atoms with Crippen LogP contribution in [0.5, 0.6) is 0 Å². The summed E-state index contributed by atoms with van der Waals surface area (Å²) >= 11 is 6.26. The van der Waals surface area contributed by atoms with Crippen LogP contribution in [0.1, 0.15) is 16.9 Å². The first kappa shape index (κ1) is 17.5. The number of carbonyl (C=O) groups is 1. The van der Waals surface area contributed by atoms with Gasteiger partial charge in [-0.2, -0.15) is 0 Å². The van der Waals surface area contributed by atoms with Crippen molar-refractivity contribution in [2.45, 2.75) is 6.42 Å². The molecule has 0 atom stereocenters. The molecule has 2 heterocycles. The van der Waals surface area contributed by atoms with Crippen molar-refractivity contribution >= 4 is 28.9 Å². The maximum Gasteiger partial charge on any atom is 0.280 e. The summed E-state index contributed by atoms with van der Waals surface area (Å²) in [7, 11) is 1.93. The second kappa shape index (κ2) is 7.04. The van der Waals surface area contributed by atoms with Crippen molar-refractivity contribution in [1.29, 1.82) is 0 Å². The van der Waals surface area contributed by atoms with Crippen molar-refractivity contribution in [3.63, 3.8) is 0 Å². The predicted octanol–water partition coefficient (Wildman–Crippen LogP) is 4.62. The van der Waals surface area contributed by atoms with E-state index in [1.165, 1.54) is 18.5 Å². The third-order valence-corrected chi connectivity index (χ3v) is 4.98. The van der Waals surface area contributed by atoms with E-state index in [0.29, 0.717) is 28.6 Å². The number of hydrogen-bond acceptors (Lipinski definition) is 4. The van der Waals surface area contributed by atoms with Crippen LogP contribution in [0.15, 0.2) is 53.3 Å². The number of aromatic nitrogens is 1. The molecule has 27 heavy (non-hydrogen) atoms. The van der Waals surface area contributed by atoms with Crippen LogP contribution < -0.4 is 9.80 Å². The summed E-state index contributed by atoms with van der Waals surface area (Å²) in [4.78, 5) is 21.0. The SMILES string of the molecule is CN1CCCN(C(=O)c2ncoc2-c2ccccc2Cl)c2cc(F)ccc21. The number of rotatable bonds is 2. The normalized spacial score (nSPS) is 14.0. The van der Waals surface area contributed by atoms with Crippen LogP contribution >= 0.6 is 11.6 Å². The molecule has 0 bridgehead atoms. The predicted molar refractivity (Wildman–Crippen MR) is 103 cm³/mol. The molecule has 0 fully saturated rings. The quantitative estimate of drug-likeness (QED) is 0.645. The van der Waals surface area contributed by atoms with E-state index in [0.717, 1.165) is 18.7 Å². The van der Waals surface area contributed by atoms with Crippen molar-refractivity contribution in [2.24, 2.45) is 0 Å². The maximum atomic E-state index is 13.9. The Balaban J connectivity index is 1.79. The van der Waals surface area contributed by atoms with Gasteiger partial charge in [0.05, 0.1) is 16.4 Å². The molecule has 0 radical (unpaired) electrons. The molecule has 1 aliphatic heterocycles. The van der Waals surface area contributed by atoms with E-state index in [2.05, 4.69) is 4.98 Å². The summed E-state index contributed by atoms with van der Waals surface area (Å²) in [6.07, 6.45) is 1.97. The van der Waals surface area contributed by atoms with Crippen molar-refractivity contribution in [3.05, 3.63) is 65.4 Å². The molecule has 1 aromatic heterocycles. The lowest BCUT2D eigenvalue weighted by atomic mass is 10.1. The topological polar surface area (TPSA) is 49.6 Å². The molecule has 4 rings (SSSR count). The lowest BCUT2D eigenvalue weighted by molar-refractivity contribution is 0.0983. The molecule has 1 aliphatic rings. The fraction of sp³-hybridized carbons (Fsp3) is 0.200. The molecule has 0 N–H and O–H groups in total. The van der Waals surface area contributed by atoms with Crippen LogP contribution in [0.25, 0.3) is 11.3 Å². The number of amides is 1. The van der Waals surface area contributed by atoms with Crippen LogP contribution in [0.4, 0.5) is 15.8 Å². The minimum absolute atomic E-state index is 0.155. The molecular formula is C20H17ClFN3O2. The Labute approximate surface area is 161 Å². The van der Waals surface area contributed by atoms with Crippen LogP contribution in [-0.2, 0) is 0 Å². The van der Waals surface area contributed by atoms with Gasteiger partial charge in [0.2, 0.25) is 0 Å². The first-order chi connectivity index (χ1) is 13.1. The van der Waals surface area contributed by atoms with Crippen molar-refractivity contribution in [3.8, 4) is 11.3 Å². The van der Waals surface area contributed by atoms with Gasteiger partial charge in [-0.15, -0.1) is 0 Å². The summed E-state index contributed by atoms with van der Waals surface area (Å²) in [6.45, 7) is 1.22. The molecule has 0 saturated carbocycles. The highest BCUT2D eigenvalue weighted by Gasteiger charge is 2.29. The van der Waals surface area contributed by atoms with Crippen LogP contribution in [0.3, 0.4) is 0 Å². The molecule has 138 valence electrons. The third-order valence-electron chi connectivity index (χ3n) is 4.65. The van der Waals surface area contributed by atoms with Crippen molar-refractivity contribution in [2.75, 3.05) is 29.9 Å². The number of carbonyl (C=O) groups excluding carboxylic acids is 1. The Kier molecular flexibility index (Phi) is 4.58. The highest BCUT2D eigenvalue weighted by molar-refractivity contribution is 6.33. The molecule has 0 aliphatic carbocycles. The second-order valence-corrected chi connectivity index (χ2v) is 6.78. The Bertz CT molecular complexity index is 1000. The average Bonchev–Trinajstić information content (AvgIpc) is 3.08. The Morgan fingerprint density at radius 3 is 2.81 bits per heavy atom. The standard InChI is InChI=1S/C20H17ClFN3O2/c1-24-9-4-10-25(17-11-13(22)7-8-16(17)24)20(26)18-19(27-12-23-18)14-5-2-3-6-15(14)21/h2-3,5-8,11-12H,4,9-10H2,1H3. The van der Waals surface area contributed by atoms with Crippen molar-refractivity contribution in [1.82, 2.24) is 4.98 Å². The van der Waals surface area contributed by atoms with Gasteiger partial charge in [0.15, 0.2) is 17.8 Å². The smallest absolute Gasteiger partial charge is 0.280 e. The minimum atomic E-state index is -0.395. The number of oxazole rings is 1. The lowest BCUT2D eigenvalue weighted by Crippen LogP contribution is -2.32. The minimum Gasteiger partial charge on any atom is -0.443 e. The second-order valence-electron chi connectivity index (χ2n) is 6.37. The summed E-state index contributed by atoms with van der Waals surface area (Å²) in [5.41, 5.74) is 2.06. The van der Waals surface area contributed by atoms with Gasteiger partial charge in [-0.05, 0) is 36.8 Å². The fourth-order valence-corrected chi connectivity index (χ4v) is 3.54. The summed E-state index contributed by atoms with van der Waals surface area (Å²) < 4.78 is 19.4. The van der Waals surface area contributed by atoms with Crippen LogP contribution in [-0.4, -0.2) is 31.0 Å². The highest BCUT2D eigenvalue weighted by atomic mass is 35.5. The first-order valence-corrected chi connectivity index (χ1v) is 8.95. The first-order valence-electron chi connectivity index (χ1n) is 8.57.